The molecule has 3 nitrogen and oxygen atoms in total. The summed E-state index contributed by atoms with van der Waals surface area (Å²) in [6.07, 6.45) is 9.31. The van der Waals surface area contributed by atoms with Crippen LogP contribution < -0.4 is 5.14 Å². The van der Waals surface area contributed by atoms with Gasteiger partial charge in [0.2, 0.25) is 10.0 Å². The molecule has 0 amide bonds. The summed E-state index contributed by atoms with van der Waals surface area (Å²) in [5.41, 5.74) is 0. The number of sulfonamides is 1. The summed E-state index contributed by atoms with van der Waals surface area (Å²) in [6, 6.07) is 0. The van der Waals surface area contributed by atoms with Gasteiger partial charge in [0.15, 0.2) is 0 Å². The summed E-state index contributed by atoms with van der Waals surface area (Å²) in [5.74, 6) is 0.954. The zero-order valence-electron chi connectivity index (χ0n) is 10.7. The SMILES string of the molecule is CC(C)CCCCCCCCCS(N)(=O)=O. The van der Waals surface area contributed by atoms with Crippen molar-refractivity contribution in [3.8, 4) is 0 Å². The van der Waals surface area contributed by atoms with E-state index < -0.39 is 10.0 Å². The van der Waals surface area contributed by atoms with Gasteiger partial charge in [-0.15, -0.1) is 0 Å². The van der Waals surface area contributed by atoms with E-state index >= 15 is 0 Å². The van der Waals surface area contributed by atoms with Crippen molar-refractivity contribution >= 4 is 10.0 Å². The number of hydrogen-bond donors (Lipinski definition) is 1. The van der Waals surface area contributed by atoms with E-state index in [1.807, 2.05) is 0 Å². The van der Waals surface area contributed by atoms with E-state index in [0.717, 1.165) is 18.8 Å². The second-order valence-corrected chi connectivity index (χ2v) is 6.76. The maximum atomic E-state index is 10.6. The predicted octanol–water partition coefficient (Wildman–Crippen LogP) is 3.05. The second kappa shape index (κ2) is 8.99. The Morgan fingerprint density at radius 1 is 0.875 bits per heavy atom. The van der Waals surface area contributed by atoms with Crippen molar-refractivity contribution in [3.63, 3.8) is 0 Å². The molecule has 0 saturated carbocycles. The molecule has 0 fully saturated rings. The summed E-state index contributed by atoms with van der Waals surface area (Å²) in [7, 11) is -3.24. The minimum absolute atomic E-state index is 0.139. The highest BCUT2D eigenvalue weighted by Crippen LogP contribution is 2.11. The Kier molecular flexibility index (Phi) is 8.94. The first-order valence-electron chi connectivity index (χ1n) is 6.42. The third-order valence-electron chi connectivity index (χ3n) is 2.71. The number of primary sulfonamides is 1. The minimum Gasteiger partial charge on any atom is -0.229 e. The quantitative estimate of drug-likeness (QED) is 0.605. The predicted molar refractivity (Wildman–Crippen MR) is 69.7 cm³/mol. The molecule has 0 aromatic heterocycles. The van der Waals surface area contributed by atoms with Gasteiger partial charge in [0.1, 0.15) is 0 Å². The highest BCUT2D eigenvalue weighted by atomic mass is 32.2. The van der Waals surface area contributed by atoms with Crippen LogP contribution in [0.1, 0.15) is 65.2 Å². The molecule has 0 atom stereocenters. The van der Waals surface area contributed by atoms with Gasteiger partial charge in [-0.3, -0.25) is 0 Å². The highest BCUT2D eigenvalue weighted by Gasteiger charge is 2.01. The number of rotatable bonds is 10. The van der Waals surface area contributed by atoms with E-state index in [2.05, 4.69) is 13.8 Å². The van der Waals surface area contributed by atoms with Crippen molar-refractivity contribution < 1.29 is 8.42 Å². The first-order chi connectivity index (χ1) is 7.42. The molecule has 0 aromatic carbocycles. The van der Waals surface area contributed by atoms with Gasteiger partial charge in [0.25, 0.3) is 0 Å². The fourth-order valence-corrected chi connectivity index (χ4v) is 2.35. The van der Waals surface area contributed by atoms with Gasteiger partial charge in [-0.2, -0.15) is 0 Å². The number of unbranched alkanes of at least 4 members (excludes halogenated alkanes) is 6. The fraction of sp³-hybridized carbons (Fsp3) is 1.00. The van der Waals surface area contributed by atoms with Crippen molar-refractivity contribution in [1.29, 1.82) is 0 Å². The molecule has 0 aliphatic heterocycles. The zero-order chi connectivity index (χ0) is 12.4. The maximum absolute atomic E-state index is 10.6. The molecule has 0 aliphatic carbocycles. The Labute approximate surface area is 101 Å². The highest BCUT2D eigenvalue weighted by molar-refractivity contribution is 7.89. The van der Waals surface area contributed by atoms with Gasteiger partial charge >= 0.3 is 0 Å². The van der Waals surface area contributed by atoms with Crippen LogP contribution in [0.15, 0.2) is 0 Å². The van der Waals surface area contributed by atoms with E-state index in [4.69, 9.17) is 5.14 Å². The van der Waals surface area contributed by atoms with Crippen molar-refractivity contribution in [2.24, 2.45) is 11.1 Å². The van der Waals surface area contributed by atoms with E-state index in [9.17, 15) is 8.42 Å². The monoisotopic (exact) mass is 249 g/mol. The molecular formula is C12H27NO2S. The third kappa shape index (κ3) is 13.9. The smallest absolute Gasteiger partial charge is 0.209 e. The van der Waals surface area contributed by atoms with Crippen LogP contribution in [0.3, 0.4) is 0 Å². The minimum atomic E-state index is -3.24. The van der Waals surface area contributed by atoms with Crippen LogP contribution in [0, 0.1) is 5.92 Å². The molecule has 0 bridgehead atoms. The summed E-state index contributed by atoms with van der Waals surface area (Å²) in [5, 5.41) is 4.92. The Bertz CT molecular complexity index is 248. The molecule has 0 heterocycles. The van der Waals surface area contributed by atoms with E-state index in [0.29, 0.717) is 6.42 Å². The lowest BCUT2D eigenvalue weighted by Crippen LogP contribution is -2.16. The Morgan fingerprint density at radius 2 is 1.31 bits per heavy atom. The summed E-state index contributed by atoms with van der Waals surface area (Å²) < 4.78 is 21.3. The average Bonchev–Trinajstić information content (AvgIpc) is 2.13. The van der Waals surface area contributed by atoms with Crippen LogP contribution in [0.5, 0.6) is 0 Å². The molecule has 0 radical (unpaired) electrons. The molecule has 0 rings (SSSR count). The fourth-order valence-electron chi connectivity index (χ4n) is 1.74. The summed E-state index contributed by atoms with van der Waals surface area (Å²) in [6.45, 7) is 4.51. The standard InChI is InChI=1S/C12H27NO2S/c1-12(2)10-8-6-4-3-5-7-9-11-16(13,14)15/h12H,3-11H2,1-2H3,(H2,13,14,15). The molecule has 16 heavy (non-hydrogen) atoms. The second-order valence-electron chi connectivity index (χ2n) is 5.02. The topological polar surface area (TPSA) is 60.2 Å². The van der Waals surface area contributed by atoms with Gasteiger partial charge in [-0.05, 0) is 12.3 Å². The lowest BCUT2D eigenvalue weighted by Gasteiger charge is -2.04. The Hall–Kier alpha value is -0.0900. The molecular weight excluding hydrogens is 222 g/mol. The molecule has 98 valence electrons. The molecule has 0 aromatic rings. The normalized spacial score (nSPS) is 12.2. The van der Waals surface area contributed by atoms with E-state index in [1.54, 1.807) is 0 Å². The van der Waals surface area contributed by atoms with Gasteiger partial charge in [0, 0.05) is 0 Å². The van der Waals surface area contributed by atoms with E-state index in [-0.39, 0.29) is 5.75 Å². The van der Waals surface area contributed by atoms with Crippen LogP contribution >= 0.6 is 0 Å². The molecule has 0 spiro atoms. The van der Waals surface area contributed by atoms with Crippen LogP contribution in [0.25, 0.3) is 0 Å². The number of nitrogens with two attached hydrogens (primary N) is 1. The first kappa shape index (κ1) is 15.9. The Morgan fingerprint density at radius 3 is 1.75 bits per heavy atom. The number of hydrogen-bond acceptors (Lipinski definition) is 2. The average molecular weight is 249 g/mol. The van der Waals surface area contributed by atoms with Crippen molar-refractivity contribution in [2.75, 3.05) is 5.75 Å². The van der Waals surface area contributed by atoms with Crippen LogP contribution in [0.4, 0.5) is 0 Å². The van der Waals surface area contributed by atoms with Crippen LogP contribution in [0.2, 0.25) is 0 Å². The van der Waals surface area contributed by atoms with Crippen molar-refractivity contribution in [3.05, 3.63) is 0 Å². The molecule has 0 unspecified atom stereocenters. The van der Waals surface area contributed by atoms with Crippen LogP contribution in [-0.2, 0) is 10.0 Å². The molecule has 0 saturated heterocycles. The summed E-state index contributed by atoms with van der Waals surface area (Å²) >= 11 is 0. The van der Waals surface area contributed by atoms with Gasteiger partial charge in [0.05, 0.1) is 5.75 Å². The maximum Gasteiger partial charge on any atom is 0.209 e. The first-order valence-corrected chi connectivity index (χ1v) is 8.14. The molecule has 4 heteroatoms. The largest absolute Gasteiger partial charge is 0.229 e. The van der Waals surface area contributed by atoms with Gasteiger partial charge in [-0.25, -0.2) is 13.6 Å². The lowest BCUT2D eigenvalue weighted by atomic mass is 10.0. The lowest BCUT2D eigenvalue weighted by molar-refractivity contribution is 0.510. The van der Waals surface area contributed by atoms with E-state index in [1.165, 1.54) is 32.1 Å². The molecule has 2 N–H and O–H groups in total. The zero-order valence-corrected chi connectivity index (χ0v) is 11.6. The molecule has 0 aliphatic rings. The van der Waals surface area contributed by atoms with Gasteiger partial charge < -0.3 is 0 Å². The summed E-state index contributed by atoms with van der Waals surface area (Å²) in [4.78, 5) is 0. The van der Waals surface area contributed by atoms with Gasteiger partial charge in [-0.1, -0.05) is 58.8 Å². The van der Waals surface area contributed by atoms with Crippen molar-refractivity contribution in [2.45, 2.75) is 65.2 Å². The Balaban J connectivity index is 3.10. The van der Waals surface area contributed by atoms with Crippen molar-refractivity contribution in [1.82, 2.24) is 0 Å². The van der Waals surface area contributed by atoms with Crippen LogP contribution in [-0.4, -0.2) is 14.2 Å². The third-order valence-corrected chi connectivity index (χ3v) is 3.57.